The summed E-state index contributed by atoms with van der Waals surface area (Å²) in [6, 6.07) is 19.3. The summed E-state index contributed by atoms with van der Waals surface area (Å²) in [5.74, 6) is 3.40. The number of pyridine rings is 1. The van der Waals surface area contributed by atoms with Gasteiger partial charge < -0.3 is 24.8 Å². The number of para-hydroxylation sites is 2. The summed E-state index contributed by atoms with van der Waals surface area (Å²) in [5.41, 5.74) is 2.15. The number of nitrogens with one attached hydrogen (secondary N) is 2. The number of guanidine groups is 1. The molecule has 0 fully saturated rings. The first-order valence-electron chi connectivity index (χ1n) is 10.1. The Morgan fingerprint density at radius 2 is 1.58 bits per heavy atom. The van der Waals surface area contributed by atoms with Gasteiger partial charge in [0.1, 0.15) is 5.75 Å². The van der Waals surface area contributed by atoms with Crippen molar-refractivity contribution in [3.63, 3.8) is 0 Å². The number of nitrogens with zero attached hydrogens (tertiary/aromatic N) is 2. The molecule has 3 aromatic rings. The van der Waals surface area contributed by atoms with Gasteiger partial charge in [-0.3, -0.25) is 4.99 Å². The highest BCUT2D eigenvalue weighted by Crippen LogP contribution is 2.30. The third kappa shape index (κ3) is 6.64. The Morgan fingerprint density at radius 3 is 2.19 bits per heavy atom. The highest BCUT2D eigenvalue weighted by atomic mass is 16.5. The van der Waals surface area contributed by atoms with Crippen molar-refractivity contribution in [2.75, 3.05) is 20.8 Å². The summed E-state index contributed by atoms with van der Waals surface area (Å²) >= 11 is 0. The number of aliphatic imine (C=N–C) groups is 1. The zero-order valence-electron chi connectivity index (χ0n) is 18.1. The molecule has 31 heavy (non-hydrogen) atoms. The summed E-state index contributed by atoms with van der Waals surface area (Å²) in [6.07, 6.45) is 1.78. The number of rotatable bonds is 9. The van der Waals surface area contributed by atoms with Gasteiger partial charge in [-0.05, 0) is 42.3 Å². The zero-order chi connectivity index (χ0) is 21.9. The van der Waals surface area contributed by atoms with E-state index >= 15 is 0 Å². The average Bonchev–Trinajstić information content (AvgIpc) is 2.82. The van der Waals surface area contributed by atoms with Crippen molar-refractivity contribution >= 4 is 5.96 Å². The Hall–Kier alpha value is -3.74. The SMILES string of the molecule is CCOc1ccccc1Oc1ccc(CNC(=NC)NCc2ccc(OC)cc2)cn1. The Kier molecular flexibility index (Phi) is 8.11. The second kappa shape index (κ2) is 11.4. The van der Waals surface area contributed by atoms with Crippen molar-refractivity contribution in [1.29, 1.82) is 0 Å². The second-order valence-corrected chi connectivity index (χ2v) is 6.61. The zero-order valence-corrected chi connectivity index (χ0v) is 18.1. The fraction of sp³-hybridized carbons (Fsp3) is 0.250. The lowest BCUT2D eigenvalue weighted by molar-refractivity contribution is 0.319. The van der Waals surface area contributed by atoms with Crippen molar-refractivity contribution < 1.29 is 14.2 Å². The van der Waals surface area contributed by atoms with Gasteiger partial charge in [0.25, 0.3) is 0 Å². The van der Waals surface area contributed by atoms with Crippen LogP contribution in [0.3, 0.4) is 0 Å². The molecule has 0 bridgehead atoms. The molecular formula is C24H28N4O3. The first kappa shape index (κ1) is 22.0. The molecule has 0 spiro atoms. The van der Waals surface area contributed by atoms with Crippen LogP contribution in [0.1, 0.15) is 18.1 Å². The maximum atomic E-state index is 5.87. The minimum Gasteiger partial charge on any atom is -0.497 e. The van der Waals surface area contributed by atoms with Gasteiger partial charge in [-0.15, -0.1) is 0 Å². The molecule has 0 saturated carbocycles. The topological polar surface area (TPSA) is 77.0 Å². The molecule has 0 aliphatic heterocycles. The first-order chi connectivity index (χ1) is 15.2. The fourth-order valence-corrected chi connectivity index (χ4v) is 2.83. The molecule has 0 aliphatic carbocycles. The number of aromatic nitrogens is 1. The number of ether oxygens (including phenoxy) is 3. The van der Waals surface area contributed by atoms with Crippen LogP contribution in [0, 0.1) is 0 Å². The lowest BCUT2D eigenvalue weighted by Gasteiger charge is -2.13. The summed E-state index contributed by atoms with van der Waals surface area (Å²) < 4.78 is 16.6. The molecule has 0 aliphatic rings. The highest BCUT2D eigenvalue weighted by Gasteiger charge is 2.06. The lowest BCUT2D eigenvalue weighted by Crippen LogP contribution is -2.36. The molecule has 1 heterocycles. The van der Waals surface area contributed by atoms with Crippen LogP contribution in [0.5, 0.6) is 23.1 Å². The molecular weight excluding hydrogens is 392 g/mol. The van der Waals surface area contributed by atoms with Crippen LogP contribution in [0.4, 0.5) is 0 Å². The van der Waals surface area contributed by atoms with Gasteiger partial charge in [0.2, 0.25) is 5.88 Å². The van der Waals surface area contributed by atoms with Crippen molar-refractivity contribution in [1.82, 2.24) is 15.6 Å². The number of hydrogen-bond donors (Lipinski definition) is 2. The van der Waals surface area contributed by atoms with Gasteiger partial charge in [-0.2, -0.15) is 0 Å². The van der Waals surface area contributed by atoms with E-state index in [9.17, 15) is 0 Å². The maximum Gasteiger partial charge on any atom is 0.219 e. The van der Waals surface area contributed by atoms with E-state index in [0.717, 1.165) is 16.9 Å². The van der Waals surface area contributed by atoms with Crippen LogP contribution in [-0.4, -0.2) is 31.7 Å². The minimum absolute atomic E-state index is 0.512. The summed E-state index contributed by atoms with van der Waals surface area (Å²) in [7, 11) is 3.40. The van der Waals surface area contributed by atoms with Gasteiger partial charge in [-0.1, -0.05) is 30.3 Å². The third-order valence-electron chi connectivity index (χ3n) is 4.46. The Balaban J connectivity index is 1.50. The van der Waals surface area contributed by atoms with E-state index in [4.69, 9.17) is 14.2 Å². The number of hydrogen-bond acceptors (Lipinski definition) is 5. The smallest absolute Gasteiger partial charge is 0.219 e. The quantitative estimate of drug-likeness (QED) is 0.400. The lowest BCUT2D eigenvalue weighted by atomic mass is 10.2. The predicted molar refractivity (Wildman–Crippen MR) is 122 cm³/mol. The molecule has 0 radical (unpaired) electrons. The van der Waals surface area contributed by atoms with E-state index in [2.05, 4.69) is 20.6 Å². The highest BCUT2D eigenvalue weighted by molar-refractivity contribution is 5.79. The molecule has 1 aromatic heterocycles. The van der Waals surface area contributed by atoms with Gasteiger partial charge >= 0.3 is 0 Å². The molecule has 3 rings (SSSR count). The van der Waals surface area contributed by atoms with Gasteiger partial charge in [0.05, 0.1) is 13.7 Å². The first-order valence-corrected chi connectivity index (χ1v) is 10.1. The molecule has 0 atom stereocenters. The van der Waals surface area contributed by atoms with Crippen LogP contribution >= 0.6 is 0 Å². The monoisotopic (exact) mass is 420 g/mol. The van der Waals surface area contributed by atoms with E-state index in [0.29, 0.717) is 43.0 Å². The van der Waals surface area contributed by atoms with Crippen molar-refractivity contribution in [2.45, 2.75) is 20.0 Å². The van der Waals surface area contributed by atoms with E-state index in [1.165, 1.54) is 0 Å². The minimum atomic E-state index is 0.512. The van der Waals surface area contributed by atoms with Crippen molar-refractivity contribution in [3.8, 4) is 23.1 Å². The predicted octanol–water partition coefficient (Wildman–Crippen LogP) is 4.15. The standard InChI is InChI=1S/C24H28N4O3/c1-4-30-21-7-5-6-8-22(21)31-23-14-11-19(16-26-23)17-28-24(25-2)27-15-18-9-12-20(29-3)13-10-18/h5-14,16H,4,15,17H2,1-3H3,(H2,25,27,28). The summed E-state index contributed by atoms with van der Waals surface area (Å²) in [5, 5.41) is 6.58. The second-order valence-electron chi connectivity index (χ2n) is 6.61. The van der Waals surface area contributed by atoms with Crippen molar-refractivity contribution in [2.24, 2.45) is 4.99 Å². The molecule has 7 nitrogen and oxygen atoms in total. The van der Waals surface area contributed by atoms with Crippen LogP contribution in [0.25, 0.3) is 0 Å². The van der Waals surface area contributed by atoms with Crippen LogP contribution in [0.2, 0.25) is 0 Å². The van der Waals surface area contributed by atoms with Crippen LogP contribution in [-0.2, 0) is 13.1 Å². The molecule has 0 saturated heterocycles. The van der Waals surface area contributed by atoms with Crippen LogP contribution < -0.4 is 24.8 Å². The van der Waals surface area contributed by atoms with Gasteiger partial charge in [0.15, 0.2) is 17.5 Å². The Labute approximate surface area is 183 Å². The molecule has 0 unspecified atom stereocenters. The van der Waals surface area contributed by atoms with E-state index < -0.39 is 0 Å². The van der Waals surface area contributed by atoms with Gasteiger partial charge in [0, 0.05) is 32.4 Å². The van der Waals surface area contributed by atoms with E-state index in [1.807, 2.05) is 67.6 Å². The Morgan fingerprint density at radius 1 is 0.903 bits per heavy atom. The Bertz CT molecular complexity index is 973. The van der Waals surface area contributed by atoms with Crippen LogP contribution in [0.15, 0.2) is 71.9 Å². The molecule has 0 amide bonds. The normalized spacial score (nSPS) is 11.0. The molecule has 2 aromatic carbocycles. The fourth-order valence-electron chi connectivity index (χ4n) is 2.83. The van der Waals surface area contributed by atoms with Crippen molar-refractivity contribution in [3.05, 3.63) is 78.0 Å². The third-order valence-corrected chi connectivity index (χ3v) is 4.46. The van der Waals surface area contributed by atoms with E-state index in [-0.39, 0.29) is 0 Å². The van der Waals surface area contributed by atoms with Gasteiger partial charge in [-0.25, -0.2) is 4.98 Å². The molecule has 2 N–H and O–H groups in total. The molecule has 7 heteroatoms. The summed E-state index contributed by atoms with van der Waals surface area (Å²) in [6.45, 7) is 3.77. The number of benzene rings is 2. The summed E-state index contributed by atoms with van der Waals surface area (Å²) in [4.78, 5) is 8.66. The van der Waals surface area contributed by atoms with E-state index in [1.54, 1.807) is 20.4 Å². The maximum absolute atomic E-state index is 5.87. The largest absolute Gasteiger partial charge is 0.497 e. The molecule has 162 valence electrons. The average molecular weight is 421 g/mol. The number of methoxy groups -OCH3 is 1.